The molecule has 4 aliphatic rings. The molecule has 14 heteroatoms. The van der Waals surface area contributed by atoms with Crippen LogP contribution in [-0.2, 0) is 24.0 Å². The number of carbonyl (C=O) groups excluding carboxylic acids is 2. The number of carbonyl (C=O) groups is 5. The van der Waals surface area contributed by atoms with E-state index in [0.29, 0.717) is 17.1 Å². The molecule has 3 saturated heterocycles. The number of Topliss-reactive ketones (excluding diaryl/α,β-unsaturated/α-hetero) is 1. The van der Waals surface area contributed by atoms with Gasteiger partial charge in [-0.25, -0.2) is 4.79 Å². The van der Waals surface area contributed by atoms with E-state index in [2.05, 4.69) is 5.32 Å². The van der Waals surface area contributed by atoms with Crippen LogP contribution in [0.3, 0.4) is 0 Å². The van der Waals surface area contributed by atoms with Gasteiger partial charge in [0.05, 0.1) is 25.3 Å². The summed E-state index contributed by atoms with van der Waals surface area (Å²) in [5.74, 6) is -4.97. The van der Waals surface area contributed by atoms with E-state index in [1.165, 1.54) is 6.08 Å². The number of nitrogens with zero attached hydrogens (tertiary/aromatic N) is 3. The highest BCUT2D eigenvalue weighted by molar-refractivity contribution is 6.22. The quantitative estimate of drug-likeness (QED) is 0.110. The van der Waals surface area contributed by atoms with E-state index in [1.54, 1.807) is 7.05 Å². The van der Waals surface area contributed by atoms with E-state index in [-0.39, 0.29) is 18.3 Å². The van der Waals surface area contributed by atoms with E-state index in [9.17, 15) is 24.0 Å². The van der Waals surface area contributed by atoms with Crippen LogP contribution in [0, 0.1) is 0 Å². The van der Waals surface area contributed by atoms with Crippen molar-refractivity contribution in [3.05, 3.63) is 23.2 Å². The monoisotopic (exact) mass is 484 g/mol. The molecule has 0 aromatic rings. The number of aliphatic hydroxyl groups excluding tert-OH is 1. The molecule has 1 aliphatic carbocycles. The molecule has 34 heavy (non-hydrogen) atoms. The second-order valence-electron chi connectivity index (χ2n) is 7.87. The maximum atomic E-state index is 12.4. The third-order valence-electron chi connectivity index (χ3n) is 4.93. The number of carboxylic acid groups (broad SMARTS) is 3. The topological polar surface area (TPSA) is 208 Å². The van der Waals surface area contributed by atoms with Gasteiger partial charge in [-0.05, 0) is 7.05 Å². The van der Waals surface area contributed by atoms with Crippen molar-refractivity contribution in [3.8, 4) is 0 Å². The first kappa shape index (κ1) is 26.8. The zero-order valence-corrected chi connectivity index (χ0v) is 18.6. The molecule has 14 nitrogen and oxygen atoms in total. The van der Waals surface area contributed by atoms with Crippen molar-refractivity contribution in [1.29, 1.82) is 0 Å². The fraction of sp³-hybridized carbons (Fsp3) is 0.550. The molecular formula is C20H28N4O10. The predicted molar refractivity (Wildman–Crippen MR) is 113 cm³/mol. The molecule has 0 bridgehead atoms. The largest absolute Gasteiger partial charge is 0.481 e. The van der Waals surface area contributed by atoms with E-state index in [0.717, 1.165) is 39.3 Å². The maximum Gasteiger partial charge on any atom is 0.336 e. The molecule has 0 aromatic heterocycles. The average Bonchev–Trinajstić information content (AvgIpc) is 3.60. The van der Waals surface area contributed by atoms with Gasteiger partial charge in [0.15, 0.2) is 5.60 Å². The number of carboxylic acids is 3. The van der Waals surface area contributed by atoms with Crippen LogP contribution in [0.4, 0.5) is 0 Å². The lowest BCUT2D eigenvalue weighted by Gasteiger charge is -2.21. The number of rotatable bonds is 9. The average molecular weight is 484 g/mol. The molecule has 0 saturated carbocycles. The second-order valence-corrected chi connectivity index (χ2v) is 7.87. The minimum atomic E-state index is -2.74. The smallest absolute Gasteiger partial charge is 0.336 e. The van der Waals surface area contributed by atoms with Crippen molar-refractivity contribution in [2.24, 2.45) is 0 Å². The zero-order chi connectivity index (χ0) is 25.6. The Bertz CT molecular complexity index is 898. The molecule has 4 rings (SSSR count). The standard InChI is InChI=1S/C12H13N3O2.C6H8O7.C2H7NO/c16-9-7-8(13-1-2-13)12(17)11(15-5-6-15)10(9)14-3-4-14;7-3(8)1-6(13,5(11)12)2-4(9)10;1-3-2-4/h7H,1-6H2;13H,1-2H2,(H,7,8)(H,9,10)(H,11,12);3-4H,2H2,1H3. The van der Waals surface area contributed by atoms with Crippen molar-refractivity contribution in [3.63, 3.8) is 0 Å². The normalized spacial score (nSPS) is 18.3. The molecule has 0 aromatic carbocycles. The van der Waals surface area contributed by atoms with E-state index in [1.807, 2.05) is 14.7 Å². The van der Waals surface area contributed by atoms with Crippen LogP contribution in [0.1, 0.15) is 12.8 Å². The lowest BCUT2D eigenvalue weighted by atomic mass is 9.96. The molecule has 0 radical (unpaired) electrons. The number of ketones is 2. The number of nitrogens with one attached hydrogen (secondary N) is 1. The van der Waals surface area contributed by atoms with Gasteiger partial charge in [0.1, 0.15) is 11.4 Å². The summed E-state index contributed by atoms with van der Waals surface area (Å²) in [4.78, 5) is 61.0. The molecule has 0 unspecified atom stereocenters. The highest BCUT2D eigenvalue weighted by Gasteiger charge is 2.43. The van der Waals surface area contributed by atoms with Gasteiger partial charge in [-0.1, -0.05) is 0 Å². The lowest BCUT2D eigenvalue weighted by molar-refractivity contribution is -0.170. The fourth-order valence-corrected chi connectivity index (χ4v) is 2.99. The molecule has 3 aliphatic heterocycles. The summed E-state index contributed by atoms with van der Waals surface area (Å²) in [7, 11) is 1.68. The summed E-state index contributed by atoms with van der Waals surface area (Å²) in [5, 5.41) is 44.1. The van der Waals surface area contributed by atoms with Crippen LogP contribution in [0.25, 0.3) is 0 Å². The SMILES string of the molecule is CNCO.O=C(O)CC(O)(CC(=O)O)C(=O)O.O=C1C=C(N2CC2)C(=O)C(N2CC2)=C1N1CC1. The molecule has 3 fully saturated rings. The van der Waals surface area contributed by atoms with Gasteiger partial charge in [0.2, 0.25) is 11.6 Å². The van der Waals surface area contributed by atoms with Gasteiger partial charge in [-0.3, -0.25) is 24.5 Å². The molecule has 0 atom stereocenters. The number of aliphatic hydroxyl groups is 2. The summed E-state index contributed by atoms with van der Waals surface area (Å²) >= 11 is 0. The van der Waals surface area contributed by atoms with Gasteiger partial charge >= 0.3 is 17.9 Å². The van der Waals surface area contributed by atoms with E-state index in [4.69, 9.17) is 25.5 Å². The minimum absolute atomic E-state index is 0.00546. The predicted octanol–water partition coefficient (Wildman–Crippen LogP) is -2.91. The summed E-state index contributed by atoms with van der Waals surface area (Å²) in [5.41, 5.74) is -0.852. The van der Waals surface area contributed by atoms with Crippen molar-refractivity contribution >= 4 is 29.5 Å². The Morgan fingerprint density at radius 1 is 0.882 bits per heavy atom. The second kappa shape index (κ2) is 11.1. The van der Waals surface area contributed by atoms with E-state index < -0.39 is 36.4 Å². The van der Waals surface area contributed by atoms with Crippen molar-refractivity contribution in [1.82, 2.24) is 20.0 Å². The first-order valence-corrected chi connectivity index (χ1v) is 10.4. The van der Waals surface area contributed by atoms with Crippen molar-refractivity contribution < 1.29 is 49.5 Å². The van der Waals surface area contributed by atoms with Crippen LogP contribution in [-0.4, -0.2) is 128 Å². The first-order valence-electron chi connectivity index (χ1n) is 10.4. The Balaban J connectivity index is 0.000000216. The lowest BCUT2D eigenvalue weighted by Crippen LogP contribution is -2.42. The third-order valence-corrected chi connectivity index (χ3v) is 4.93. The van der Waals surface area contributed by atoms with Gasteiger partial charge < -0.3 is 40.2 Å². The van der Waals surface area contributed by atoms with Gasteiger partial charge in [0.25, 0.3) is 0 Å². The van der Waals surface area contributed by atoms with Gasteiger partial charge in [0, 0.05) is 45.3 Å². The number of aliphatic carboxylic acids is 3. The maximum absolute atomic E-state index is 12.4. The summed E-state index contributed by atoms with van der Waals surface area (Å²) in [6.45, 7) is 5.48. The molecular weight excluding hydrogens is 456 g/mol. The highest BCUT2D eigenvalue weighted by atomic mass is 16.4. The molecule has 188 valence electrons. The Kier molecular flexibility index (Phi) is 8.73. The number of hydrogen-bond acceptors (Lipinski definition) is 11. The van der Waals surface area contributed by atoms with Crippen LogP contribution >= 0.6 is 0 Å². The van der Waals surface area contributed by atoms with Crippen LogP contribution < -0.4 is 5.32 Å². The Hall–Kier alpha value is -3.49. The zero-order valence-electron chi connectivity index (χ0n) is 18.6. The Morgan fingerprint density at radius 3 is 1.62 bits per heavy atom. The Morgan fingerprint density at radius 2 is 1.29 bits per heavy atom. The van der Waals surface area contributed by atoms with Crippen LogP contribution in [0.2, 0.25) is 0 Å². The summed E-state index contributed by atoms with van der Waals surface area (Å²) < 4.78 is 0. The van der Waals surface area contributed by atoms with Crippen LogP contribution in [0.5, 0.6) is 0 Å². The number of hydrogen-bond donors (Lipinski definition) is 6. The first-order chi connectivity index (χ1) is 15.9. The van der Waals surface area contributed by atoms with Crippen LogP contribution in [0.15, 0.2) is 23.2 Å². The number of allylic oxidation sites excluding steroid dienone is 1. The Labute approximate surface area is 194 Å². The third kappa shape index (κ3) is 7.26. The molecule has 3 heterocycles. The van der Waals surface area contributed by atoms with Crippen molar-refractivity contribution in [2.75, 3.05) is 53.0 Å². The highest BCUT2D eigenvalue weighted by Crippen LogP contribution is 2.33. The minimum Gasteiger partial charge on any atom is -0.481 e. The fourth-order valence-electron chi connectivity index (χ4n) is 2.99. The molecule has 0 spiro atoms. The van der Waals surface area contributed by atoms with Crippen molar-refractivity contribution in [2.45, 2.75) is 18.4 Å². The molecule has 6 N–H and O–H groups in total. The van der Waals surface area contributed by atoms with E-state index >= 15 is 0 Å². The summed E-state index contributed by atoms with van der Waals surface area (Å²) in [6, 6.07) is 0. The molecule has 0 amide bonds. The van der Waals surface area contributed by atoms with Gasteiger partial charge in [-0.2, -0.15) is 0 Å². The summed E-state index contributed by atoms with van der Waals surface area (Å²) in [6.07, 6.45) is -0.765. The van der Waals surface area contributed by atoms with Gasteiger partial charge in [-0.15, -0.1) is 0 Å².